The minimum atomic E-state index is -1.36. The van der Waals surface area contributed by atoms with Crippen molar-refractivity contribution >= 4 is 34.4 Å². The number of hydrogen-bond donors (Lipinski definition) is 2. The van der Waals surface area contributed by atoms with Gasteiger partial charge in [0.15, 0.2) is 5.75 Å². The molecule has 1 aliphatic heterocycles. The fourth-order valence-corrected chi connectivity index (χ4v) is 3.88. The molecule has 2 aliphatic rings. The normalized spacial score (nSPS) is 16.5. The van der Waals surface area contributed by atoms with Crippen molar-refractivity contribution in [3.63, 3.8) is 0 Å². The van der Waals surface area contributed by atoms with E-state index in [4.69, 9.17) is 14.2 Å². The summed E-state index contributed by atoms with van der Waals surface area (Å²) in [5.41, 5.74) is 1.29. The quantitative estimate of drug-likeness (QED) is 0.647. The van der Waals surface area contributed by atoms with Crippen molar-refractivity contribution in [2.24, 2.45) is 0 Å². The Morgan fingerprint density at radius 3 is 2.77 bits per heavy atom. The number of carboxylic acid groups (broad SMARTS) is 1. The van der Waals surface area contributed by atoms with Crippen molar-refractivity contribution in [1.82, 2.24) is 0 Å². The second kappa shape index (κ2) is 8.88. The number of aromatic carboxylic acids is 1. The number of allylic oxidation sites excluding steroid dienone is 2. The zero-order chi connectivity index (χ0) is 21.8. The number of hydrogen-bond acceptors (Lipinski definition) is 7. The maximum absolute atomic E-state index is 12.5. The van der Waals surface area contributed by atoms with Gasteiger partial charge >= 0.3 is 18.0 Å². The molecule has 31 heavy (non-hydrogen) atoms. The highest BCUT2D eigenvalue weighted by molar-refractivity contribution is 7.15. The van der Waals surface area contributed by atoms with Gasteiger partial charge in [0.25, 0.3) is 0 Å². The number of benzene rings is 1. The van der Waals surface area contributed by atoms with Gasteiger partial charge in [-0.3, -0.25) is 5.32 Å². The number of anilines is 1. The molecule has 0 bridgehead atoms. The summed E-state index contributed by atoms with van der Waals surface area (Å²) in [6, 6.07) is 9.04. The monoisotopic (exact) mass is 439 g/mol. The van der Waals surface area contributed by atoms with Crippen LogP contribution in [0.2, 0.25) is 0 Å². The molecule has 0 spiro atoms. The summed E-state index contributed by atoms with van der Waals surface area (Å²) in [6.45, 7) is 0.0274. The summed E-state index contributed by atoms with van der Waals surface area (Å²) >= 11 is 0.907. The van der Waals surface area contributed by atoms with Gasteiger partial charge in [-0.15, -0.1) is 11.3 Å². The predicted octanol–water partition coefficient (Wildman–Crippen LogP) is 4.27. The first-order valence-electron chi connectivity index (χ1n) is 9.31. The number of thiophene rings is 1. The molecule has 1 aliphatic carbocycles. The highest BCUT2D eigenvalue weighted by Gasteiger charge is 2.31. The van der Waals surface area contributed by atoms with Crippen LogP contribution in [0.5, 0.6) is 5.75 Å². The molecule has 2 heterocycles. The third-order valence-electron chi connectivity index (χ3n) is 4.52. The second-order valence-corrected chi connectivity index (χ2v) is 7.51. The van der Waals surface area contributed by atoms with E-state index >= 15 is 0 Å². The average Bonchev–Trinajstić information content (AvgIpc) is 3.37. The minimum absolute atomic E-state index is 0.000677. The summed E-state index contributed by atoms with van der Waals surface area (Å²) in [5.74, 6) is -2.36. The molecular weight excluding hydrogens is 422 g/mol. The first-order valence-corrected chi connectivity index (χ1v) is 10.2. The molecule has 1 unspecified atom stereocenters. The lowest BCUT2D eigenvalue weighted by Gasteiger charge is -2.13. The summed E-state index contributed by atoms with van der Waals surface area (Å²) in [6.07, 6.45) is 6.77. The smallest absolute Gasteiger partial charge is 0.412 e. The van der Waals surface area contributed by atoms with Crippen molar-refractivity contribution in [2.45, 2.75) is 19.1 Å². The van der Waals surface area contributed by atoms with Gasteiger partial charge in [0.1, 0.15) is 23.3 Å². The van der Waals surface area contributed by atoms with E-state index < -0.39 is 18.0 Å². The van der Waals surface area contributed by atoms with Crippen molar-refractivity contribution < 1.29 is 33.7 Å². The highest BCUT2D eigenvalue weighted by Crippen LogP contribution is 2.36. The van der Waals surface area contributed by atoms with Crippen molar-refractivity contribution in [3.8, 4) is 5.75 Å². The molecule has 4 rings (SSSR count). The molecule has 2 N–H and O–H groups in total. The highest BCUT2D eigenvalue weighted by atomic mass is 32.1. The Kier molecular flexibility index (Phi) is 5.85. The van der Waals surface area contributed by atoms with Gasteiger partial charge in [-0.2, -0.15) is 0 Å². The van der Waals surface area contributed by atoms with Gasteiger partial charge in [-0.25, -0.2) is 14.4 Å². The molecule has 0 radical (unpaired) electrons. The van der Waals surface area contributed by atoms with Gasteiger partial charge < -0.3 is 19.3 Å². The molecule has 8 nitrogen and oxygen atoms in total. The maximum atomic E-state index is 12.5. The zero-order valence-electron chi connectivity index (χ0n) is 16.1. The number of ether oxygens (including phenoxy) is 3. The Labute approximate surface area is 181 Å². The van der Waals surface area contributed by atoms with E-state index in [0.29, 0.717) is 6.42 Å². The lowest BCUT2D eigenvalue weighted by molar-refractivity contribution is -0.134. The Hall–Kier alpha value is -3.85. The van der Waals surface area contributed by atoms with E-state index in [1.54, 1.807) is 18.2 Å². The predicted molar refractivity (Wildman–Crippen MR) is 112 cm³/mol. The molecule has 1 atom stereocenters. The van der Waals surface area contributed by atoms with Gasteiger partial charge in [0, 0.05) is 11.8 Å². The summed E-state index contributed by atoms with van der Waals surface area (Å²) in [7, 11) is 0. The number of nitrogens with one attached hydrogen (secondary N) is 1. The van der Waals surface area contributed by atoms with Gasteiger partial charge in [-0.1, -0.05) is 48.6 Å². The van der Waals surface area contributed by atoms with Crippen LogP contribution in [-0.4, -0.2) is 29.2 Å². The van der Waals surface area contributed by atoms with E-state index in [1.165, 1.54) is 5.38 Å². The molecule has 9 heteroatoms. The number of carbonyl (C=O) groups excluding carboxylic acids is 2. The standard InChI is InChI=1S/C22H17NO7S/c24-20(25)18-17(30-21(26)16-10-14-8-4-5-9-15(14)29-16)12-31-19(18)23-22(27)28-11-13-6-2-1-3-7-13/h1-8,10,12,15H,9,11H2,(H,23,27)(H,24,25). The first-order chi connectivity index (χ1) is 15.0. The van der Waals surface area contributed by atoms with Crippen molar-refractivity contribution in [1.29, 1.82) is 0 Å². The fourth-order valence-electron chi connectivity index (χ4n) is 3.04. The van der Waals surface area contributed by atoms with Crippen molar-refractivity contribution in [2.75, 3.05) is 5.32 Å². The van der Waals surface area contributed by atoms with Crippen LogP contribution in [0.15, 0.2) is 71.3 Å². The molecule has 158 valence electrons. The van der Waals surface area contributed by atoms with Crippen LogP contribution in [0.25, 0.3) is 0 Å². The van der Waals surface area contributed by atoms with Crippen LogP contribution in [-0.2, 0) is 20.9 Å². The maximum Gasteiger partial charge on any atom is 0.412 e. The fraction of sp³-hybridized carbons (Fsp3) is 0.136. The largest absolute Gasteiger partial charge is 0.478 e. The zero-order valence-corrected chi connectivity index (χ0v) is 16.9. The van der Waals surface area contributed by atoms with Crippen LogP contribution in [0.1, 0.15) is 22.3 Å². The van der Waals surface area contributed by atoms with Crippen LogP contribution in [0.4, 0.5) is 9.80 Å². The molecule has 2 aromatic rings. The number of fused-ring (bicyclic) bond motifs is 1. The van der Waals surface area contributed by atoms with E-state index in [0.717, 1.165) is 22.5 Å². The second-order valence-electron chi connectivity index (χ2n) is 6.63. The van der Waals surface area contributed by atoms with E-state index in [-0.39, 0.29) is 34.8 Å². The van der Waals surface area contributed by atoms with Crippen molar-refractivity contribution in [3.05, 3.63) is 82.5 Å². The number of carbonyl (C=O) groups is 3. The van der Waals surface area contributed by atoms with E-state index in [1.807, 2.05) is 36.4 Å². The Morgan fingerprint density at radius 1 is 1.23 bits per heavy atom. The van der Waals surface area contributed by atoms with Crippen LogP contribution < -0.4 is 10.1 Å². The Balaban J connectivity index is 1.42. The lowest BCUT2D eigenvalue weighted by atomic mass is 10.0. The first kappa shape index (κ1) is 20.4. The minimum Gasteiger partial charge on any atom is -0.478 e. The van der Waals surface area contributed by atoms with Crippen LogP contribution in [0, 0.1) is 0 Å². The molecule has 0 saturated carbocycles. The third kappa shape index (κ3) is 4.67. The summed E-state index contributed by atoms with van der Waals surface area (Å²) in [5, 5.41) is 13.3. The number of amides is 1. The molecule has 0 fully saturated rings. The topological polar surface area (TPSA) is 111 Å². The van der Waals surface area contributed by atoms with E-state index in [9.17, 15) is 19.5 Å². The molecule has 0 saturated heterocycles. The Morgan fingerprint density at radius 2 is 2.03 bits per heavy atom. The summed E-state index contributed by atoms with van der Waals surface area (Å²) < 4.78 is 15.9. The summed E-state index contributed by atoms with van der Waals surface area (Å²) in [4.78, 5) is 36.3. The van der Waals surface area contributed by atoms with Gasteiger partial charge in [-0.05, 0) is 17.2 Å². The van der Waals surface area contributed by atoms with Gasteiger partial charge in [0.2, 0.25) is 5.76 Å². The number of rotatable bonds is 6. The molecule has 1 aromatic carbocycles. The molecule has 1 amide bonds. The number of carboxylic acids is 1. The van der Waals surface area contributed by atoms with Gasteiger partial charge in [0.05, 0.1) is 0 Å². The molecular formula is C22H17NO7S. The third-order valence-corrected chi connectivity index (χ3v) is 5.39. The van der Waals surface area contributed by atoms with E-state index in [2.05, 4.69) is 5.32 Å². The SMILES string of the molecule is O=C(Nc1scc(OC(=O)C2=CC3=CC=CCC3O2)c1C(=O)O)OCc1ccccc1. The number of esters is 1. The lowest BCUT2D eigenvalue weighted by Crippen LogP contribution is -2.17. The average molecular weight is 439 g/mol. The Bertz CT molecular complexity index is 1110. The van der Waals surface area contributed by atoms with Crippen LogP contribution in [0.3, 0.4) is 0 Å². The molecule has 1 aromatic heterocycles. The van der Waals surface area contributed by atoms with Crippen LogP contribution >= 0.6 is 11.3 Å².